The first kappa shape index (κ1) is 24.7. The topological polar surface area (TPSA) is 23.6 Å². The van der Waals surface area contributed by atoms with Crippen molar-refractivity contribution in [2.24, 2.45) is 0 Å². The molecule has 0 aliphatic carbocycles. The smallest absolute Gasteiger partial charge is 0.307 e. The van der Waals surface area contributed by atoms with Crippen molar-refractivity contribution in [3.63, 3.8) is 0 Å². The quantitative estimate of drug-likeness (QED) is 0.353. The number of fused-ring (bicyclic) bond motifs is 2. The summed E-state index contributed by atoms with van der Waals surface area (Å²) < 4.78 is 66.8. The molecule has 0 aromatic heterocycles. The third-order valence-corrected chi connectivity index (χ3v) is 7.44. The molecule has 2 aliphatic rings. The van der Waals surface area contributed by atoms with E-state index < -0.39 is 34.7 Å². The summed E-state index contributed by atoms with van der Waals surface area (Å²) in [7, 11) is 0. The van der Waals surface area contributed by atoms with Crippen LogP contribution in [0.25, 0.3) is 0 Å². The maximum atomic E-state index is 14.4. The van der Waals surface area contributed by atoms with E-state index in [0.717, 1.165) is 29.3 Å². The van der Waals surface area contributed by atoms with Gasteiger partial charge in [0.15, 0.2) is 11.6 Å². The van der Waals surface area contributed by atoms with Crippen molar-refractivity contribution in [3.8, 4) is 0 Å². The highest BCUT2D eigenvalue weighted by molar-refractivity contribution is 6.30. The third kappa shape index (κ3) is 4.48. The second-order valence-corrected chi connectivity index (χ2v) is 9.84. The number of halogens is 6. The van der Waals surface area contributed by atoms with Crippen molar-refractivity contribution in [2.75, 3.05) is 24.5 Å². The van der Waals surface area contributed by atoms with Gasteiger partial charge in [0, 0.05) is 29.2 Å². The standard InChI is InChI=1S/C27H22ClF5N2O/c28-19-8-9-23-21(14-19)26(16-35(23)25(36)20-2-1-3-22(29)24(20)30)10-12-34(13-11-26)15-17-4-6-18(7-5-17)27(31,32)33/h1-9,14H,10-13,15-16H2. The molecule has 3 aromatic rings. The zero-order valence-electron chi connectivity index (χ0n) is 19.1. The minimum absolute atomic E-state index is 0.311. The molecular weight excluding hydrogens is 499 g/mol. The van der Waals surface area contributed by atoms with Crippen LogP contribution in [0.5, 0.6) is 0 Å². The molecule has 1 fully saturated rings. The monoisotopic (exact) mass is 520 g/mol. The van der Waals surface area contributed by atoms with Crippen molar-refractivity contribution >= 4 is 23.2 Å². The van der Waals surface area contributed by atoms with Crippen molar-refractivity contribution in [1.29, 1.82) is 0 Å². The first-order valence-corrected chi connectivity index (χ1v) is 11.9. The predicted octanol–water partition coefficient (Wildman–Crippen LogP) is 6.83. The second kappa shape index (κ2) is 9.16. The number of rotatable bonds is 3. The number of carbonyl (C=O) groups is 1. The summed E-state index contributed by atoms with van der Waals surface area (Å²) in [4.78, 5) is 16.9. The van der Waals surface area contributed by atoms with Crippen LogP contribution in [-0.2, 0) is 18.1 Å². The molecule has 1 saturated heterocycles. The number of carbonyl (C=O) groups excluding carboxylic acids is 1. The number of likely N-dealkylation sites (tertiary alicyclic amines) is 1. The predicted molar refractivity (Wildman–Crippen MR) is 127 cm³/mol. The number of alkyl halides is 3. The Bertz CT molecular complexity index is 1300. The molecule has 0 bridgehead atoms. The summed E-state index contributed by atoms with van der Waals surface area (Å²) in [6.45, 7) is 2.13. The average Bonchev–Trinajstić information content (AvgIpc) is 3.15. The van der Waals surface area contributed by atoms with Crippen molar-refractivity contribution in [3.05, 3.63) is 99.6 Å². The largest absolute Gasteiger partial charge is 0.416 e. The molecule has 3 nitrogen and oxygen atoms in total. The molecule has 1 amide bonds. The van der Waals surface area contributed by atoms with E-state index in [1.54, 1.807) is 12.1 Å². The maximum Gasteiger partial charge on any atom is 0.416 e. The number of hydrogen-bond donors (Lipinski definition) is 0. The number of piperidine rings is 1. The van der Waals surface area contributed by atoms with E-state index in [9.17, 15) is 26.7 Å². The highest BCUT2D eigenvalue weighted by atomic mass is 35.5. The summed E-state index contributed by atoms with van der Waals surface area (Å²) in [5, 5.41) is 0.520. The Balaban J connectivity index is 1.35. The zero-order valence-corrected chi connectivity index (χ0v) is 19.8. The van der Waals surface area contributed by atoms with Crippen molar-refractivity contribution in [1.82, 2.24) is 4.90 Å². The van der Waals surface area contributed by atoms with Crippen molar-refractivity contribution < 1.29 is 26.7 Å². The molecule has 188 valence electrons. The maximum absolute atomic E-state index is 14.4. The number of nitrogens with zero attached hydrogens (tertiary/aromatic N) is 2. The van der Waals surface area contributed by atoms with Crippen LogP contribution in [0.4, 0.5) is 27.6 Å². The summed E-state index contributed by atoms with van der Waals surface area (Å²) in [5.41, 5.74) is 0.900. The van der Waals surface area contributed by atoms with Crippen LogP contribution in [0.3, 0.4) is 0 Å². The lowest BCUT2D eigenvalue weighted by Crippen LogP contribution is -2.45. The molecule has 0 atom stereocenters. The van der Waals surface area contributed by atoms with Gasteiger partial charge < -0.3 is 4.90 Å². The lowest BCUT2D eigenvalue weighted by atomic mass is 9.74. The van der Waals surface area contributed by atoms with Gasteiger partial charge in [0.25, 0.3) is 5.91 Å². The third-order valence-electron chi connectivity index (χ3n) is 7.21. The summed E-state index contributed by atoms with van der Waals surface area (Å²) in [5.74, 6) is -2.87. The normalized spacial score (nSPS) is 17.4. The molecule has 0 radical (unpaired) electrons. The molecule has 0 N–H and O–H groups in total. The van der Waals surface area contributed by atoms with Gasteiger partial charge in [-0.25, -0.2) is 8.78 Å². The van der Waals surface area contributed by atoms with Gasteiger partial charge in [-0.1, -0.05) is 29.8 Å². The number of benzene rings is 3. The Kier molecular flexibility index (Phi) is 6.29. The average molecular weight is 521 g/mol. The fraction of sp³-hybridized carbons (Fsp3) is 0.296. The fourth-order valence-corrected chi connectivity index (χ4v) is 5.43. The van der Waals surface area contributed by atoms with Gasteiger partial charge in [-0.2, -0.15) is 13.2 Å². The van der Waals surface area contributed by atoms with Gasteiger partial charge in [0.1, 0.15) is 0 Å². The lowest BCUT2D eigenvalue weighted by molar-refractivity contribution is -0.137. The number of amides is 1. The van der Waals surface area contributed by atoms with Gasteiger partial charge >= 0.3 is 6.18 Å². The minimum Gasteiger partial charge on any atom is -0.307 e. The molecule has 2 heterocycles. The number of anilines is 1. The first-order valence-electron chi connectivity index (χ1n) is 11.5. The summed E-state index contributed by atoms with van der Waals surface area (Å²) >= 11 is 6.29. The van der Waals surface area contributed by atoms with Crippen LogP contribution in [0.15, 0.2) is 60.7 Å². The van der Waals surface area contributed by atoms with Crippen molar-refractivity contribution in [2.45, 2.75) is 31.0 Å². The Morgan fingerprint density at radius 3 is 2.33 bits per heavy atom. The highest BCUT2D eigenvalue weighted by Crippen LogP contribution is 2.48. The first-order chi connectivity index (χ1) is 17.1. The molecule has 9 heteroatoms. The molecule has 36 heavy (non-hydrogen) atoms. The molecule has 2 aliphatic heterocycles. The van der Waals surface area contributed by atoms with E-state index in [4.69, 9.17) is 11.6 Å². The van der Waals surface area contributed by atoms with Gasteiger partial charge in [-0.15, -0.1) is 0 Å². The molecule has 5 rings (SSSR count). The minimum atomic E-state index is -4.37. The van der Waals surface area contributed by atoms with E-state index >= 15 is 0 Å². The van der Waals surface area contributed by atoms with Gasteiger partial charge in [-0.05, 0) is 79.5 Å². The molecular formula is C27H22ClF5N2O. The molecule has 1 spiro atoms. The molecule has 0 unspecified atom stereocenters. The van der Waals surface area contributed by atoms with Gasteiger partial charge in [0.2, 0.25) is 0 Å². The van der Waals surface area contributed by atoms with Gasteiger partial charge in [0.05, 0.1) is 11.1 Å². The van der Waals surface area contributed by atoms with Crippen LogP contribution in [-0.4, -0.2) is 30.4 Å². The Morgan fingerprint density at radius 2 is 1.67 bits per heavy atom. The van der Waals surface area contributed by atoms with Crippen LogP contribution in [0.1, 0.15) is 39.9 Å². The Morgan fingerprint density at radius 1 is 0.972 bits per heavy atom. The summed E-state index contributed by atoms with van der Waals surface area (Å²) in [6.07, 6.45) is -3.02. The number of hydrogen-bond acceptors (Lipinski definition) is 2. The van der Waals surface area contributed by atoms with Gasteiger partial charge in [-0.3, -0.25) is 9.69 Å². The highest BCUT2D eigenvalue weighted by Gasteiger charge is 2.47. The zero-order chi connectivity index (χ0) is 25.7. The second-order valence-electron chi connectivity index (χ2n) is 9.41. The van der Waals surface area contributed by atoms with E-state index in [1.165, 1.54) is 29.2 Å². The Labute approximate surface area is 210 Å². The van der Waals surface area contributed by atoms with E-state index in [-0.39, 0.29) is 5.56 Å². The SMILES string of the molecule is O=C(c1cccc(F)c1F)N1CC2(CCN(Cc3ccc(C(F)(F)F)cc3)CC2)c2cc(Cl)ccc21. The summed E-state index contributed by atoms with van der Waals surface area (Å²) in [6, 6.07) is 13.9. The fourth-order valence-electron chi connectivity index (χ4n) is 5.26. The van der Waals surface area contributed by atoms with Crippen LogP contribution >= 0.6 is 11.6 Å². The molecule has 0 saturated carbocycles. The van der Waals surface area contributed by atoms with E-state index in [2.05, 4.69) is 4.90 Å². The van der Waals surface area contributed by atoms with Crippen LogP contribution in [0.2, 0.25) is 5.02 Å². The van der Waals surface area contributed by atoms with Crippen LogP contribution in [0, 0.1) is 11.6 Å². The van der Waals surface area contributed by atoms with E-state index in [0.29, 0.717) is 49.7 Å². The van der Waals surface area contributed by atoms with Crippen LogP contribution < -0.4 is 4.90 Å². The Hall–Kier alpha value is -2.97. The lowest BCUT2D eigenvalue weighted by Gasteiger charge is -2.40. The van der Waals surface area contributed by atoms with E-state index in [1.807, 2.05) is 6.07 Å². The molecule has 3 aromatic carbocycles.